The lowest BCUT2D eigenvalue weighted by Gasteiger charge is -2.09. The summed E-state index contributed by atoms with van der Waals surface area (Å²) in [6.45, 7) is 0. The number of hydrogen-bond donors (Lipinski definition) is 2. The summed E-state index contributed by atoms with van der Waals surface area (Å²) in [5.74, 6) is -0.0975. The van der Waals surface area contributed by atoms with Crippen molar-refractivity contribution in [3.05, 3.63) is 24.3 Å². The van der Waals surface area contributed by atoms with Gasteiger partial charge in [0.2, 0.25) is 5.91 Å². The number of hydrogen-bond acceptors (Lipinski definition) is 3. The summed E-state index contributed by atoms with van der Waals surface area (Å²) in [7, 11) is -1.04. The molecule has 1 aromatic rings. The Morgan fingerprint density at radius 1 is 1.28 bits per heavy atom. The first-order chi connectivity index (χ1) is 8.65. The van der Waals surface area contributed by atoms with E-state index in [4.69, 9.17) is 5.73 Å². The van der Waals surface area contributed by atoms with Gasteiger partial charge in [0.05, 0.1) is 0 Å². The molecule has 1 aromatic carbocycles. The molecule has 98 valence electrons. The van der Waals surface area contributed by atoms with Gasteiger partial charge in [0, 0.05) is 27.4 Å². The van der Waals surface area contributed by atoms with Crippen LogP contribution in [-0.2, 0) is 15.6 Å². The summed E-state index contributed by atoms with van der Waals surface area (Å²) in [4.78, 5) is 11.7. The van der Waals surface area contributed by atoms with Gasteiger partial charge >= 0.3 is 0 Å². The van der Waals surface area contributed by atoms with Crippen molar-refractivity contribution in [2.75, 3.05) is 16.8 Å². The molecular weight excluding hydrogens is 248 g/mol. The third kappa shape index (κ3) is 3.57. The third-order valence-electron chi connectivity index (χ3n) is 3.14. The lowest BCUT2D eigenvalue weighted by Crippen LogP contribution is -2.24. The summed E-state index contributed by atoms with van der Waals surface area (Å²) in [5.41, 5.74) is 6.91. The molecule has 5 heteroatoms. The van der Waals surface area contributed by atoms with Crippen molar-refractivity contribution >= 4 is 28.1 Å². The quantitative estimate of drug-likeness (QED) is 0.818. The highest BCUT2D eigenvalue weighted by Crippen LogP contribution is 2.23. The smallest absolute Gasteiger partial charge is 0.237 e. The number of amides is 1. The Morgan fingerprint density at radius 2 is 1.89 bits per heavy atom. The molecule has 0 spiro atoms. The fourth-order valence-electron chi connectivity index (χ4n) is 2.16. The molecule has 1 atom stereocenters. The van der Waals surface area contributed by atoms with Crippen LogP contribution in [0, 0.1) is 0 Å². The number of nitrogens with one attached hydrogen (secondary N) is 1. The zero-order valence-electron chi connectivity index (χ0n) is 10.2. The number of benzene rings is 1. The molecule has 0 saturated heterocycles. The Labute approximate surface area is 109 Å². The van der Waals surface area contributed by atoms with Crippen LogP contribution >= 0.6 is 0 Å². The summed E-state index contributed by atoms with van der Waals surface area (Å²) < 4.78 is 11.9. The molecule has 1 fully saturated rings. The molecule has 0 radical (unpaired) electrons. The van der Waals surface area contributed by atoms with Gasteiger partial charge in [-0.2, -0.15) is 0 Å². The molecule has 3 N–H and O–H groups in total. The zero-order chi connectivity index (χ0) is 13.0. The molecule has 1 aliphatic carbocycles. The SMILES string of the molecule is Nc1ccc(NC(=O)CS(=O)C2CCCC2)cc1. The molecule has 2 rings (SSSR count). The third-order valence-corrected chi connectivity index (χ3v) is 4.90. The van der Waals surface area contributed by atoms with Crippen molar-refractivity contribution < 1.29 is 9.00 Å². The van der Waals surface area contributed by atoms with Crippen molar-refractivity contribution in [1.82, 2.24) is 0 Å². The maximum Gasteiger partial charge on any atom is 0.237 e. The van der Waals surface area contributed by atoms with Gasteiger partial charge in [-0.25, -0.2) is 0 Å². The van der Waals surface area contributed by atoms with Crippen molar-refractivity contribution in [1.29, 1.82) is 0 Å². The number of carbonyl (C=O) groups excluding carboxylic acids is 1. The number of nitrogen functional groups attached to an aromatic ring is 1. The van der Waals surface area contributed by atoms with Crippen LogP contribution in [0.1, 0.15) is 25.7 Å². The number of nitrogens with two attached hydrogens (primary N) is 1. The second kappa shape index (κ2) is 6.00. The molecule has 4 nitrogen and oxygen atoms in total. The van der Waals surface area contributed by atoms with E-state index in [-0.39, 0.29) is 16.9 Å². The van der Waals surface area contributed by atoms with Gasteiger partial charge in [0.1, 0.15) is 5.75 Å². The van der Waals surface area contributed by atoms with Gasteiger partial charge in [-0.05, 0) is 37.1 Å². The average Bonchev–Trinajstić information content (AvgIpc) is 2.85. The summed E-state index contributed by atoms with van der Waals surface area (Å²) in [6, 6.07) is 6.94. The van der Waals surface area contributed by atoms with Gasteiger partial charge in [-0.15, -0.1) is 0 Å². The first kappa shape index (κ1) is 13.1. The Kier molecular flexibility index (Phi) is 4.36. The maximum atomic E-state index is 11.9. The molecule has 1 amide bonds. The molecule has 1 saturated carbocycles. The Bertz CT molecular complexity index is 439. The van der Waals surface area contributed by atoms with E-state index in [2.05, 4.69) is 5.32 Å². The minimum Gasteiger partial charge on any atom is -0.399 e. The van der Waals surface area contributed by atoms with E-state index in [1.54, 1.807) is 24.3 Å². The van der Waals surface area contributed by atoms with Crippen LogP contribution in [-0.4, -0.2) is 21.1 Å². The van der Waals surface area contributed by atoms with Crippen LogP contribution in [0.5, 0.6) is 0 Å². The minimum absolute atomic E-state index is 0.0923. The Balaban J connectivity index is 1.84. The van der Waals surface area contributed by atoms with Gasteiger partial charge in [0.25, 0.3) is 0 Å². The van der Waals surface area contributed by atoms with Gasteiger partial charge in [-0.1, -0.05) is 12.8 Å². The van der Waals surface area contributed by atoms with E-state index < -0.39 is 10.8 Å². The standard InChI is InChI=1S/C13H18N2O2S/c14-10-5-7-11(8-6-10)15-13(16)9-18(17)12-3-1-2-4-12/h5-8,12H,1-4,9,14H2,(H,15,16). The van der Waals surface area contributed by atoms with Gasteiger partial charge < -0.3 is 11.1 Å². The van der Waals surface area contributed by atoms with Crippen molar-refractivity contribution in [3.63, 3.8) is 0 Å². The van der Waals surface area contributed by atoms with E-state index in [1.807, 2.05) is 0 Å². The molecule has 1 unspecified atom stereocenters. The van der Waals surface area contributed by atoms with Crippen LogP contribution in [0.25, 0.3) is 0 Å². The largest absolute Gasteiger partial charge is 0.399 e. The summed E-state index contributed by atoms with van der Waals surface area (Å²) in [5, 5.41) is 2.95. The van der Waals surface area contributed by atoms with E-state index in [9.17, 15) is 9.00 Å². The van der Waals surface area contributed by atoms with Crippen LogP contribution in [0.2, 0.25) is 0 Å². The van der Waals surface area contributed by atoms with Crippen LogP contribution in [0.15, 0.2) is 24.3 Å². The van der Waals surface area contributed by atoms with Crippen LogP contribution in [0.4, 0.5) is 11.4 Å². The Hall–Kier alpha value is -1.36. The molecule has 0 aliphatic heterocycles. The number of anilines is 2. The zero-order valence-corrected chi connectivity index (χ0v) is 11.0. The predicted octanol–water partition coefficient (Wildman–Crippen LogP) is 1.90. The van der Waals surface area contributed by atoms with Crippen molar-refractivity contribution in [2.24, 2.45) is 0 Å². The second-order valence-corrected chi connectivity index (χ2v) is 6.32. The highest BCUT2D eigenvalue weighted by molar-refractivity contribution is 7.86. The molecule has 0 heterocycles. The lowest BCUT2D eigenvalue weighted by atomic mass is 10.3. The van der Waals surface area contributed by atoms with Crippen LogP contribution < -0.4 is 11.1 Å². The fraction of sp³-hybridized carbons (Fsp3) is 0.462. The van der Waals surface area contributed by atoms with E-state index in [0.29, 0.717) is 11.4 Å². The molecule has 0 bridgehead atoms. The minimum atomic E-state index is -1.04. The highest BCUT2D eigenvalue weighted by atomic mass is 32.2. The molecule has 18 heavy (non-hydrogen) atoms. The monoisotopic (exact) mass is 266 g/mol. The van der Waals surface area contributed by atoms with Crippen molar-refractivity contribution in [2.45, 2.75) is 30.9 Å². The van der Waals surface area contributed by atoms with E-state index in [0.717, 1.165) is 25.7 Å². The fourth-order valence-corrected chi connectivity index (χ4v) is 3.59. The Morgan fingerprint density at radius 3 is 2.50 bits per heavy atom. The molecular formula is C13H18N2O2S. The predicted molar refractivity (Wildman–Crippen MR) is 74.7 cm³/mol. The van der Waals surface area contributed by atoms with E-state index >= 15 is 0 Å². The summed E-state index contributed by atoms with van der Waals surface area (Å²) >= 11 is 0. The van der Waals surface area contributed by atoms with E-state index in [1.165, 1.54) is 0 Å². The average molecular weight is 266 g/mol. The molecule has 0 aromatic heterocycles. The first-order valence-corrected chi connectivity index (χ1v) is 7.56. The maximum absolute atomic E-state index is 11.9. The molecule has 1 aliphatic rings. The summed E-state index contributed by atoms with van der Waals surface area (Å²) in [6.07, 6.45) is 4.25. The van der Waals surface area contributed by atoms with Gasteiger partial charge in [-0.3, -0.25) is 9.00 Å². The normalized spacial score (nSPS) is 17.6. The highest BCUT2D eigenvalue weighted by Gasteiger charge is 2.23. The number of rotatable bonds is 4. The van der Waals surface area contributed by atoms with Crippen LogP contribution in [0.3, 0.4) is 0 Å². The topological polar surface area (TPSA) is 72.2 Å². The first-order valence-electron chi connectivity index (χ1n) is 6.18. The lowest BCUT2D eigenvalue weighted by molar-refractivity contribution is -0.113. The number of carbonyl (C=O) groups is 1. The second-order valence-electron chi connectivity index (χ2n) is 4.60. The van der Waals surface area contributed by atoms with Crippen molar-refractivity contribution in [3.8, 4) is 0 Å². The van der Waals surface area contributed by atoms with Gasteiger partial charge in [0.15, 0.2) is 0 Å².